The monoisotopic (exact) mass is 588 g/mol. The molecule has 0 nitrogen and oxygen atoms in total. The van der Waals surface area contributed by atoms with Gasteiger partial charge in [-0.1, -0.05) is 152 Å². The van der Waals surface area contributed by atoms with Crippen LogP contribution < -0.4 is 0 Å². The Morgan fingerprint density at radius 1 is 0.333 bits per heavy atom. The van der Waals surface area contributed by atoms with Crippen LogP contribution in [0, 0.1) is 0 Å². The lowest BCUT2D eigenvalue weighted by molar-refractivity contribution is -0.127. The third-order valence-electron chi connectivity index (χ3n) is 8.85. The van der Waals surface area contributed by atoms with Crippen LogP contribution in [0.2, 0.25) is 0 Å². The third kappa shape index (κ3) is 4.55. The van der Waals surface area contributed by atoms with E-state index in [2.05, 4.69) is 84.9 Å². The van der Waals surface area contributed by atoms with Crippen molar-refractivity contribution in [3.63, 3.8) is 0 Å². The maximum atomic E-state index is 13.8. The van der Waals surface area contributed by atoms with Crippen LogP contribution in [0.5, 0.6) is 0 Å². The molecule has 8 rings (SSSR count). The Bertz CT molecular complexity index is 2270. The van der Waals surface area contributed by atoms with Gasteiger partial charge in [0.2, 0.25) is 0 Å². The van der Waals surface area contributed by atoms with Crippen molar-refractivity contribution in [1.82, 2.24) is 0 Å². The molecule has 0 aromatic heterocycles. The first-order chi connectivity index (χ1) is 22.0. The lowest BCUT2D eigenvalue weighted by Crippen LogP contribution is -2.12. The Balaban J connectivity index is 1.56. The quantitative estimate of drug-likeness (QED) is 0.179. The molecule has 0 aliphatic heterocycles. The molecule has 0 saturated heterocycles. The highest BCUT2D eigenvalue weighted by molar-refractivity contribution is 6.30. The summed E-state index contributed by atoms with van der Waals surface area (Å²) in [6.07, 6.45) is -5.30. The summed E-state index contributed by atoms with van der Waals surface area (Å²) in [4.78, 5) is 0. The van der Waals surface area contributed by atoms with E-state index in [1.807, 2.05) is 54.6 Å². The van der Waals surface area contributed by atoms with E-state index in [-0.39, 0.29) is 5.56 Å². The first-order valence-electron chi connectivity index (χ1n) is 15.1. The number of fused-ring (bicyclic) bond motifs is 4. The maximum Gasteiger partial charge on any atom is 0.393 e. The molecular formula is C42H27F3. The van der Waals surface area contributed by atoms with Crippen molar-refractivity contribution in [2.24, 2.45) is 0 Å². The van der Waals surface area contributed by atoms with E-state index in [1.54, 1.807) is 12.1 Å². The van der Waals surface area contributed by atoms with Crippen LogP contribution in [0.25, 0.3) is 76.5 Å². The fourth-order valence-corrected chi connectivity index (χ4v) is 7.14. The SMILES string of the molecule is FC(F)(F)Cc1ccccc1-c1c2ccccc2c(-c2c3ccccc3c(-c3ccccc3)c3ccccc23)c2ccccc12. The van der Waals surface area contributed by atoms with Crippen LogP contribution in [0.15, 0.2) is 152 Å². The molecule has 0 aliphatic rings. The van der Waals surface area contributed by atoms with Gasteiger partial charge >= 0.3 is 6.18 Å². The highest BCUT2D eigenvalue weighted by Gasteiger charge is 2.30. The second-order valence-corrected chi connectivity index (χ2v) is 11.5. The molecule has 216 valence electrons. The van der Waals surface area contributed by atoms with E-state index in [4.69, 9.17) is 0 Å². The second-order valence-electron chi connectivity index (χ2n) is 11.5. The van der Waals surface area contributed by atoms with E-state index in [1.165, 1.54) is 5.56 Å². The van der Waals surface area contributed by atoms with E-state index in [0.29, 0.717) is 5.56 Å². The molecule has 0 spiro atoms. The average Bonchev–Trinajstić information content (AvgIpc) is 3.06. The highest BCUT2D eigenvalue weighted by Crippen LogP contribution is 2.50. The summed E-state index contributed by atoms with van der Waals surface area (Å²) < 4.78 is 41.4. The van der Waals surface area contributed by atoms with Crippen LogP contribution >= 0.6 is 0 Å². The fourth-order valence-electron chi connectivity index (χ4n) is 7.14. The lowest BCUT2D eigenvalue weighted by atomic mass is 9.80. The third-order valence-corrected chi connectivity index (χ3v) is 8.85. The molecular weight excluding hydrogens is 561 g/mol. The maximum absolute atomic E-state index is 13.8. The van der Waals surface area contributed by atoms with Crippen LogP contribution in [-0.4, -0.2) is 6.18 Å². The first kappa shape index (κ1) is 27.2. The van der Waals surface area contributed by atoms with Gasteiger partial charge < -0.3 is 0 Å². The molecule has 0 heterocycles. The Morgan fingerprint density at radius 2 is 0.667 bits per heavy atom. The molecule has 0 saturated carbocycles. The van der Waals surface area contributed by atoms with Gasteiger partial charge in [-0.15, -0.1) is 0 Å². The summed E-state index contributed by atoms with van der Waals surface area (Å²) in [7, 11) is 0. The lowest BCUT2D eigenvalue weighted by Gasteiger charge is -2.23. The van der Waals surface area contributed by atoms with Crippen LogP contribution in [0.1, 0.15) is 5.56 Å². The van der Waals surface area contributed by atoms with Crippen molar-refractivity contribution in [1.29, 1.82) is 0 Å². The molecule has 0 N–H and O–H groups in total. The number of benzene rings is 8. The van der Waals surface area contributed by atoms with Crippen molar-refractivity contribution in [3.05, 3.63) is 157 Å². The van der Waals surface area contributed by atoms with Gasteiger partial charge in [-0.25, -0.2) is 0 Å². The van der Waals surface area contributed by atoms with Crippen LogP contribution in [0.3, 0.4) is 0 Å². The molecule has 45 heavy (non-hydrogen) atoms. The van der Waals surface area contributed by atoms with Gasteiger partial charge in [0, 0.05) is 0 Å². The van der Waals surface area contributed by atoms with Crippen LogP contribution in [-0.2, 0) is 6.42 Å². The molecule has 8 aromatic rings. The molecule has 0 unspecified atom stereocenters. The topological polar surface area (TPSA) is 0 Å². The van der Waals surface area contributed by atoms with Gasteiger partial charge in [-0.2, -0.15) is 13.2 Å². The number of halogens is 3. The number of hydrogen-bond acceptors (Lipinski definition) is 0. The molecule has 0 fully saturated rings. The number of rotatable bonds is 4. The molecule has 0 bridgehead atoms. The predicted octanol–water partition coefficient (Wildman–Crippen LogP) is 12.4. The van der Waals surface area contributed by atoms with Crippen molar-refractivity contribution in [2.45, 2.75) is 12.6 Å². The Kier molecular flexibility index (Phi) is 6.42. The minimum absolute atomic E-state index is 0.274. The highest BCUT2D eigenvalue weighted by atomic mass is 19.4. The summed E-state index contributed by atoms with van der Waals surface area (Å²) in [6, 6.07) is 50.9. The van der Waals surface area contributed by atoms with Crippen molar-refractivity contribution < 1.29 is 13.2 Å². The summed E-state index contributed by atoms with van der Waals surface area (Å²) in [6.45, 7) is 0. The fraction of sp³-hybridized carbons (Fsp3) is 0.0476. The van der Waals surface area contributed by atoms with Gasteiger partial charge in [-0.05, 0) is 82.0 Å². The number of alkyl halides is 3. The molecule has 0 aliphatic carbocycles. The zero-order chi connectivity index (χ0) is 30.5. The zero-order valence-corrected chi connectivity index (χ0v) is 24.3. The minimum atomic E-state index is -4.32. The number of hydrogen-bond donors (Lipinski definition) is 0. The first-order valence-corrected chi connectivity index (χ1v) is 15.1. The van der Waals surface area contributed by atoms with E-state index < -0.39 is 12.6 Å². The summed E-state index contributed by atoms with van der Waals surface area (Å²) in [5.41, 5.74) is 6.28. The van der Waals surface area contributed by atoms with Gasteiger partial charge in [0.15, 0.2) is 0 Å². The van der Waals surface area contributed by atoms with Crippen LogP contribution in [0.4, 0.5) is 13.2 Å². The van der Waals surface area contributed by atoms with Crippen molar-refractivity contribution in [2.75, 3.05) is 0 Å². The van der Waals surface area contributed by atoms with E-state index in [9.17, 15) is 13.2 Å². The largest absolute Gasteiger partial charge is 0.393 e. The standard InChI is InChI=1S/C42H27F3/c43-42(44,45)26-28-16-4-5-17-29(28)39-32-20-8-12-24-36(32)41(37-25-13-9-21-33(37)39)40-34-22-10-6-18-30(34)38(27-14-2-1-3-15-27)31-19-7-11-23-35(31)40/h1-25H,26H2. The van der Waals surface area contributed by atoms with Gasteiger partial charge in [0.05, 0.1) is 6.42 Å². The van der Waals surface area contributed by atoms with Gasteiger partial charge in [0.1, 0.15) is 0 Å². The molecule has 0 atom stereocenters. The average molecular weight is 589 g/mol. The van der Waals surface area contributed by atoms with E-state index in [0.717, 1.165) is 65.3 Å². The van der Waals surface area contributed by atoms with Crippen molar-refractivity contribution in [3.8, 4) is 33.4 Å². The normalized spacial score (nSPS) is 12.0. The summed E-state index contributed by atoms with van der Waals surface area (Å²) in [5.74, 6) is 0. The molecule has 0 amide bonds. The minimum Gasteiger partial charge on any atom is -0.171 e. The summed E-state index contributed by atoms with van der Waals surface area (Å²) >= 11 is 0. The molecule has 8 aromatic carbocycles. The van der Waals surface area contributed by atoms with Gasteiger partial charge in [-0.3, -0.25) is 0 Å². The predicted molar refractivity (Wildman–Crippen MR) is 183 cm³/mol. The Hall–Kier alpha value is -5.41. The second kappa shape index (κ2) is 10.6. The summed E-state index contributed by atoms with van der Waals surface area (Å²) in [5, 5.41) is 8.47. The molecule has 0 radical (unpaired) electrons. The van der Waals surface area contributed by atoms with Gasteiger partial charge in [0.25, 0.3) is 0 Å². The van der Waals surface area contributed by atoms with Crippen molar-refractivity contribution >= 4 is 43.1 Å². The Labute approximate surface area is 259 Å². The zero-order valence-electron chi connectivity index (χ0n) is 24.3. The Morgan fingerprint density at radius 3 is 1.09 bits per heavy atom. The molecule has 3 heteroatoms. The van der Waals surface area contributed by atoms with E-state index >= 15 is 0 Å². The smallest absolute Gasteiger partial charge is 0.171 e.